The first-order chi connectivity index (χ1) is 10.4. The van der Waals surface area contributed by atoms with Gasteiger partial charge in [0.05, 0.1) is 0 Å². The molecule has 0 bridgehead atoms. The van der Waals surface area contributed by atoms with Crippen LogP contribution in [0.15, 0.2) is 41.8 Å². The van der Waals surface area contributed by atoms with Crippen molar-refractivity contribution in [3.05, 3.63) is 36.9 Å². The summed E-state index contributed by atoms with van der Waals surface area (Å²) in [7, 11) is 0. The average molecular weight is 306 g/mol. The van der Waals surface area contributed by atoms with Gasteiger partial charge in [-0.2, -0.15) is 0 Å². The molecule has 0 unspecified atom stereocenters. The van der Waals surface area contributed by atoms with Gasteiger partial charge in [-0.15, -0.1) is 18.3 Å². The molecule has 2 heteroatoms. The predicted molar refractivity (Wildman–Crippen MR) is 98.5 cm³/mol. The minimum Gasteiger partial charge on any atom is -0.384 e. The molecule has 0 fully saturated rings. The van der Waals surface area contributed by atoms with Crippen molar-refractivity contribution < 1.29 is 0 Å². The first-order valence-corrected chi connectivity index (χ1v) is 9.43. The molecule has 0 aliphatic carbocycles. The fraction of sp³-hybridized carbons (Fsp3) is 0.579. The molecule has 1 rings (SSSR count). The summed E-state index contributed by atoms with van der Waals surface area (Å²) in [6, 6.07) is 8.57. The summed E-state index contributed by atoms with van der Waals surface area (Å²) in [6.07, 6.45) is 13.0. The normalized spacial score (nSPS) is 10.5. The fourth-order valence-corrected chi connectivity index (χ4v) is 3.14. The quantitative estimate of drug-likeness (QED) is 0.253. The van der Waals surface area contributed by atoms with Crippen LogP contribution in [0.1, 0.15) is 58.3 Å². The maximum Gasteiger partial charge on any atom is 0.0478 e. The smallest absolute Gasteiger partial charge is 0.0478 e. The Morgan fingerprint density at radius 1 is 1.00 bits per heavy atom. The summed E-state index contributed by atoms with van der Waals surface area (Å²) in [5.74, 6) is 0.969. The van der Waals surface area contributed by atoms with Crippen LogP contribution in [0.4, 0.5) is 5.69 Å². The van der Waals surface area contributed by atoms with E-state index in [0.717, 1.165) is 12.3 Å². The van der Waals surface area contributed by atoms with Crippen LogP contribution in [0.3, 0.4) is 0 Å². The van der Waals surface area contributed by atoms with Crippen molar-refractivity contribution in [1.29, 1.82) is 0 Å². The van der Waals surface area contributed by atoms with Crippen LogP contribution >= 0.6 is 11.8 Å². The molecular formula is C19H31NS. The molecule has 21 heavy (non-hydrogen) atoms. The highest BCUT2D eigenvalue weighted by Gasteiger charge is 2.00. The third kappa shape index (κ3) is 8.87. The van der Waals surface area contributed by atoms with E-state index < -0.39 is 0 Å². The maximum absolute atomic E-state index is 3.79. The van der Waals surface area contributed by atoms with Gasteiger partial charge in [-0.3, -0.25) is 0 Å². The van der Waals surface area contributed by atoms with E-state index in [2.05, 4.69) is 43.1 Å². The molecule has 1 aromatic rings. The van der Waals surface area contributed by atoms with Crippen LogP contribution in [0, 0.1) is 0 Å². The van der Waals surface area contributed by atoms with Crippen LogP contribution in [0.25, 0.3) is 0 Å². The molecule has 0 heterocycles. The van der Waals surface area contributed by atoms with Gasteiger partial charge in [-0.25, -0.2) is 0 Å². The number of benzene rings is 1. The van der Waals surface area contributed by atoms with Crippen LogP contribution in [-0.2, 0) is 0 Å². The third-order valence-electron chi connectivity index (χ3n) is 3.59. The number of hydrogen-bond donors (Lipinski definition) is 1. The summed E-state index contributed by atoms with van der Waals surface area (Å²) in [5.41, 5.74) is 1.27. The lowest BCUT2D eigenvalue weighted by Crippen LogP contribution is -2.02. The van der Waals surface area contributed by atoms with Crippen molar-refractivity contribution in [2.24, 2.45) is 0 Å². The molecular weight excluding hydrogens is 274 g/mol. The molecule has 1 nitrogen and oxygen atoms in total. The molecule has 118 valence electrons. The maximum atomic E-state index is 3.79. The van der Waals surface area contributed by atoms with Gasteiger partial charge in [0.15, 0.2) is 0 Å². The van der Waals surface area contributed by atoms with Crippen molar-refractivity contribution in [3.8, 4) is 0 Å². The van der Waals surface area contributed by atoms with Crippen LogP contribution in [0.5, 0.6) is 0 Å². The first-order valence-electron chi connectivity index (χ1n) is 8.45. The Hall–Kier alpha value is -0.890. The lowest BCUT2D eigenvalue weighted by molar-refractivity contribution is 0.581. The second-order valence-corrected chi connectivity index (χ2v) is 6.56. The highest BCUT2D eigenvalue weighted by molar-refractivity contribution is 7.99. The molecule has 0 saturated carbocycles. The van der Waals surface area contributed by atoms with E-state index in [1.165, 1.54) is 61.9 Å². The second kappa shape index (κ2) is 12.8. The van der Waals surface area contributed by atoms with Crippen molar-refractivity contribution in [2.45, 2.75) is 63.2 Å². The van der Waals surface area contributed by atoms with Gasteiger partial charge in [0.2, 0.25) is 0 Å². The number of rotatable bonds is 13. The van der Waals surface area contributed by atoms with E-state index in [4.69, 9.17) is 0 Å². The van der Waals surface area contributed by atoms with Gasteiger partial charge >= 0.3 is 0 Å². The van der Waals surface area contributed by atoms with E-state index in [1.54, 1.807) is 0 Å². The Balaban J connectivity index is 2.11. The minimum atomic E-state index is 0.969. The molecule has 1 N–H and O–H groups in total. The van der Waals surface area contributed by atoms with E-state index in [0.29, 0.717) is 0 Å². The summed E-state index contributed by atoms with van der Waals surface area (Å²) in [6.45, 7) is 7.15. The highest BCUT2D eigenvalue weighted by atomic mass is 32.2. The Kier molecular flexibility index (Phi) is 11.1. The van der Waals surface area contributed by atoms with Crippen molar-refractivity contribution in [1.82, 2.24) is 0 Å². The van der Waals surface area contributed by atoms with Crippen LogP contribution in [-0.4, -0.2) is 12.3 Å². The van der Waals surface area contributed by atoms with Crippen molar-refractivity contribution in [2.75, 3.05) is 17.6 Å². The number of hydrogen-bond acceptors (Lipinski definition) is 2. The zero-order chi connectivity index (χ0) is 15.2. The summed E-state index contributed by atoms with van der Waals surface area (Å²) < 4.78 is 0. The standard InChI is InChI=1S/C19H31NS/c1-3-5-6-7-8-9-10-13-16-20-18-14-11-12-15-19(18)21-17-4-2/h4,11-12,14-15,20H,2-3,5-10,13,16-17H2,1H3. The highest BCUT2D eigenvalue weighted by Crippen LogP contribution is 2.26. The second-order valence-electron chi connectivity index (χ2n) is 5.50. The van der Waals surface area contributed by atoms with Gasteiger partial charge in [0.1, 0.15) is 0 Å². The largest absolute Gasteiger partial charge is 0.384 e. The van der Waals surface area contributed by atoms with E-state index in [-0.39, 0.29) is 0 Å². The van der Waals surface area contributed by atoms with Crippen molar-refractivity contribution >= 4 is 17.4 Å². The Labute approximate surface area is 135 Å². The SMILES string of the molecule is C=CCSc1ccccc1NCCCCCCCCCC. The molecule has 0 amide bonds. The molecule has 0 radical (unpaired) electrons. The zero-order valence-electron chi connectivity index (χ0n) is 13.6. The summed E-state index contributed by atoms with van der Waals surface area (Å²) >= 11 is 1.85. The summed E-state index contributed by atoms with van der Waals surface area (Å²) in [4.78, 5) is 1.33. The molecule has 0 aromatic heterocycles. The monoisotopic (exact) mass is 305 g/mol. The van der Waals surface area contributed by atoms with Gasteiger partial charge in [0, 0.05) is 22.9 Å². The van der Waals surface area contributed by atoms with Gasteiger partial charge in [-0.05, 0) is 18.6 Å². The Bertz CT molecular complexity index is 376. The number of nitrogens with one attached hydrogen (secondary N) is 1. The molecule has 0 spiro atoms. The first kappa shape index (κ1) is 18.2. The molecule has 0 atom stereocenters. The molecule has 0 saturated heterocycles. The number of para-hydroxylation sites is 1. The van der Waals surface area contributed by atoms with Crippen LogP contribution in [0.2, 0.25) is 0 Å². The van der Waals surface area contributed by atoms with Crippen LogP contribution < -0.4 is 5.32 Å². The van der Waals surface area contributed by atoms with E-state index in [9.17, 15) is 0 Å². The lowest BCUT2D eigenvalue weighted by Gasteiger charge is -2.11. The lowest BCUT2D eigenvalue weighted by atomic mass is 10.1. The van der Waals surface area contributed by atoms with Gasteiger partial charge < -0.3 is 5.32 Å². The fourth-order valence-electron chi connectivity index (χ4n) is 2.37. The minimum absolute atomic E-state index is 0.969. The Morgan fingerprint density at radius 3 is 2.38 bits per heavy atom. The van der Waals surface area contributed by atoms with E-state index >= 15 is 0 Å². The third-order valence-corrected chi connectivity index (χ3v) is 4.66. The molecule has 1 aromatic carbocycles. The van der Waals surface area contributed by atoms with Gasteiger partial charge in [-0.1, -0.05) is 70.1 Å². The predicted octanol–water partition coefficient (Wildman–Crippen LogP) is 6.52. The zero-order valence-corrected chi connectivity index (χ0v) is 14.4. The Morgan fingerprint density at radius 2 is 1.67 bits per heavy atom. The topological polar surface area (TPSA) is 12.0 Å². The van der Waals surface area contributed by atoms with E-state index in [1.807, 2.05) is 17.8 Å². The molecule has 0 aliphatic heterocycles. The number of unbranched alkanes of at least 4 members (excludes halogenated alkanes) is 7. The number of anilines is 1. The molecule has 0 aliphatic rings. The number of thioether (sulfide) groups is 1. The summed E-state index contributed by atoms with van der Waals surface area (Å²) in [5, 5.41) is 3.58. The van der Waals surface area contributed by atoms with Crippen molar-refractivity contribution in [3.63, 3.8) is 0 Å². The van der Waals surface area contributed by atoms with Gasteiger partial charge in [0.25, 0.3) is 0 Å². The average Bonchev–Trinajstić information content (AvgIpc) is 2.52.